The number of ketones is 1. The van der Waals surface area contributed by atoms with E-state index in [4.69, 9.17) is 5.73 Å². The Morgan fingerprint density at radius 3 is 2.39 bits per heavy atom. The van der Waals surface area contributed by atoms with Gasteiger partial charge in [-0.1, -0.05) is 6.92 Å². The number of rotatable bonds is 6. The van der Waals surface area contributed by atoms with Gasteiger partial charge >= 0.3 is 5.69 Å². The van der Waals surface area contributed by atoms with Gasteiger partial charge in [-0.15, -0.1) is 0 Å². The predicted molar refractivity (Wildman–Crippen MR) is 107 cm³/mol. The average molecular weight is 387 g/mol. The first kappa shape index (κ1) is 19.7. The molecule has 2 aromatic rings. The van der Waals surface area contributed by atoms with Crippen LogP contribution in [0.25, 0.3) is 0 Å². The molecule has 1 fully saturated rings. The quantitative estimate of drug-likeness (QED) is 0.606. The number of phenols is 1. The summed E-state index contributed by atoms with van der Waals surface area (Å²) in [4.78, 5) is 43.1. The van der Waals surface area contributed by atoms with E-state index in [1.54, 1.807) is 12.1 Å². The fourth-order valence-corrected chi connectivity index (χ4v) is 3.41. The standard InChI is InChI=1S/C19H25N5O4/c1-2-7-24-17(20)16(18(27)21-19(24)28)15(26)12-22-8-10-23(11-9-22)13-3-5-14(25)6-4-13/h3-6,25H,2,7-12,20H2,1H3,(H,21,27,28). The number of nitrogen functional groups attached to an aromatic ring is 1. The van der Waals surface area contributed by atoms with Crippen LogP contribution in [0.15, 0.2) is 33.9 Å². The lowest BCUT2D eigenvalue weighted by molar-refractivity contribution is 0.0925. The van der Waals surface area contributed by atoms with Gasteiger partial charge < -0.3 is 15.7 Å². The van der Waals surface area contributed by atoms with Crippen molar-refractivity contribution in [3.05, 3.63) is 50.7 Å². The van der Waals surface area contributed by atoms with Gasteiger partial charge in [0.2, 0.25) is 0 Å². The van der Waals surface area contributed by atoms with Crippen molar-refractivity contribution in [2.24, 2.45) is 0 Å². The number of aromatic amines is 1. The van der Waals surface area contributed by atoms with Crippen molar-refractivity contribution in [1.29, 1.82) is 0 Å². The minimum absolute atomic E-state index is 0.0664. The first-order valence-electron chi connectivity index (χ1n) is 9.32. The van der Waals surface area contributed by atoms with E-state index in [0.717, 1.165) is 18.8 Å². The third-order valence-electron chi connectivity index (χ3n) is 4.92. The molecule has 1 aromatic carbocycles. The summed E-state index contributed by atoms with van der Waals surface area (Å²) >= 11 is 0. The Morgan fingerprint density at radius 1 is 1.14 bits per heavy atom. The van der Waals surface area contributed by atoms with Crippen LogP contribution in [-0.2, 0) is 6.54 Å². The molecule has 3 rings (SSSR count). The van der Waals surface area contributed by atoms with Crippen LogP contribution in [0.4, 0.5) is 11.5 Å². The minimum Gasteiger partial charge on any atom is -0.508 e. The lowest BCUT2D eigenvalue weighted by Crippen LogP contribution is -2.48. The maximum Gasteiger partial charge on any atom is 0.329 e. The van der Waals surface area contributed by atoms with Gasteiger partial charge in [0, 0.05) is 38.4 Å². The number of benzene rings is 1. The van der Waals surface area contributed by atoms with Crippen molar-refractivity contribution in [1.82, 2.24) is 14.5 Å². The second-order valence-electron chi connectivity index (χ2n) is 6.87. The van der Waals surface area contributed by atoms with E-state index in [-0.39, 0.29) is 29.5 Å². The van der Waals surface area contributed by atoms with Gasteiger partial charge in [0.15, 0.2) is 5.78 Å². The summed E-state index contributed by atoms with van der Waals surface area (Å²) in [5.41, 5.74) is 5.50. The zero-order chi connectivity index (χ0) is 20.3. The highest BCUT2D eigenvalue weighted by Gasteiger charge is 2.24. The van der Waals surface area contributed by atoms with Crippen molar-refractivity contribution in [2.45, 2.75) is 19.9 Å². The van der Waals surface area contributed by atoms with Crippen LogP contribution in [0.2, 0.25) is 0 Å². The molecule has 1 aromatic heterocycles. The van der Waals surface area contributed by atoms with E-state index in [2.05, 4.69) is 9.88 Å². The summed E-state index contributed by atoms with van der Waals surface area (Å²) in [6, 6.07) is 7.00. The van der Waals surface area contributed by atoms with Gasteiger partial charge in [-0.3, -0.25) is 24.0 Å². The zero-order valence-electron chi connectivity index (χ0n) is 15.9. The summed E-state index contributed by atoms with van der Waals surface area (Å²) in [6.07, 6.45) is 0.656. The number of hydrogen-bond acceptors (Lipinski definition) is 7. The zero-order valence-corrected chi connectivity index (χ0v) is 15.9. The highest BCUT2D eigenvalue weighted by molar-refractivity contribution is 6.01. The third-order valence-corrected chi connectivity index (χ3v) is 4.92. The Labute approximate surface area is 162 Å². The van der Waals surface area contributed by atoms with Crippen LogP contribution in [0, 0.1) is 0 Å². The number of anilines is 2. The molecule has 28 heavy (non-hydrogen) atoms. The minimum atomic E-state index is -0.734. The van der Waals surface area contributed by atoms with Crippen molar-refractivity contribution in [3.8, 4) is 5.75 Å². The monoisotopic (exact) mass is 387 g/mol. The Kier molecular flexibility index (Phi) is 5.84. The number of piperazine rings is 1. The molecule has 0 amide bonds. The molecule has 150 valence electrons. The molecule has 0 aliphatic carbocycles. The molecule has 1 aliphatic rings. The predicted octanol–water partition coefficient (Wildman–Crippen LogP) is 0.239. The lowest BCUT2D eigenvalue weighted by Gasteiger charge is -2.35. The number of nitrogens with one attached hydrogen (secondary N) is 1. The van der Waals surface area contributed by atoms with Crippen molar-refractivity contribution < 1.29 is 9.90 Å². The van der Waals surface area contributed by atoms with Crippen LogP contribution in [0.1, 0.15) is 23.7 Å². The van der Waals surface area contributed by atoms with Gasteiger partial charge in [-0.05, 0) is 30.7 Å². The number of carbonyl (C=O) groups excluding carboxylic acids is 1. The maximum absolute atomic E-state index is 12.7. The largest absolute Gasteiger partial charge is 0.508 e. The fraction of sp³-hybridized carbons (Fsp3) is 0.421. The van der Waals surface area contributed by atoms with Gasteiger partial charge in [0.05, 0.1) is 6.54 Å². The first-order valence-corrected chi connectivity index (χ1v) is 9.32. The molecule has 0 atom stereocenters. The van der Waals surface area contributed by atoms with E-state index in [1.165, 1.54) is 4.57 Å². The molecule has 0 bridgehead atoms. The van der Waals surface area contributed by atoms with Gasteiger partial charge in [0.25, 0.3) is 5.56 Å². The SMILES string of the molecule is CCCn1c(N)c(C(=O)CN2CCN(c3ccc(O)cc3)CC2)c(=O)[nH]c1=O. The van der Waals surface area contributed by atoms with Gasteiger partial charge in [-0.25, -0.2) is 4.79 Å². The fourth-order valence-electron chi connectivity index (χ4n) is 3.41. The normalized spacial score (nSPS) is 15.0. The highest BCUT2D eigenvalue weighted by atomic mass is 16.3. The Hall–Kier alpha value is -3.07. The van der Waals surface area contributed by atoms with E-state index in [1.807, 2.05) is 24.0 Å². The molecule has 0 saturated carbocycles. The Bertz CT molecular complexity index is 956. The highest BCUT2D eigenvalue weighted by Crippen LogP contribution is 2.20. The number of phenolic OH excluding ortho intramolecular Hbond substituents is 1. The topological polar surface area (TPSA) is 125 Å². The molecular formula is C19H25N5O4. The summed E-state index contributed by atoms with van der Waals surface area (Å²) in [5, 5.41) is 9.40. The maximum atomic E-state index is 12.7. The van der Waals surface area contributed by atoms with Gasteiger partial charge in [0.1, 0.15) is 17.1 Å². The molecule has 0 radical (unpaired) electrons. The second-order valence-corrected chi connectivity index (χ2v) is 6.87. The summed E-state index contributed by atoms with van der Waals surface area (Å²) < 4.78 is 1.23. The van der Waals surface area contributed by atoms with Gasteiger partial charge in [-0.2, -0.15) is 0 Å². The smallest absolute Gasteiger partial charge is 0.329 e. The number of nitrogens with two attached hydrogens (primary N) is 1. The number of hydrogen-bond donors (Lipinski definition) is 3. The molecule has 1 saturated heterocycles. The van der Waals surface area contributed by atoms with Crippen LogP contribution < -0.4 is 21.9 Å². The van der Waals surface area contributed by atoms with Crippen LogP contribution >= 0.6 is 0 Å². The molecule has 0 unspecified atom stereocenters. The summed E-state index contributed by atoms with van der Waals surface area (Å²) in [5.74, 6) is -0.231. The van der Waals surface area contributed by atoms with Crippen LogP contribution in [0.5, 0.6) is 5.75 Å². The molecule has 2 heterocycles. The number of H-pyrrole nitrogens is 1. The van der Waals surface area contributed by atoms with E-state index < -0.39 is 11.2 Å². The molecule has 1 aliphatic heterocycles. The average Bonchev–Trinajstić information content (AvgIpc) is 2.66. The number of Topliss-reactive ketones (excluding diaryl/α,β-unsaturated/α-hetero) is 1. The Balaban J connectivity index is 1.68. The second kappa shape index (κ2) is 8.30. The Morgan fingerprint density at radius 2 is 1.79 bits per heavy atom. The first-order chi connectivity index (χ1) is 13.4. The van der Waals surface area contributed by atoms with Crippen molar-refractivity contribution in [2.75, 3.05) is 43.4 Å². The van der Waals surface area contributed by atoms with E-state index >= 15 is 0 Å². The van der Waals surface area contributed by atoms with Crippen LogP contribution in [-0.4, -0.2) is 58.1 Å². The van der Waals surface area contributed by atoms with Crippen molar-refractivity contribution >= 4 is 17.3 Å². The number of carbonyl (C=O) groups is 1. The molecule has 9 nitrogen and oxygen atoms in total. The molecular weight excluding hydrogens is 362 g/mol. The van der Waals surface area contributed by atoms with Crippen LogP contribution in [0.3, 0.4) is 0 Å². The van der Waals surface area contributed by atoms with E-state index in [0.29, 0.717) is 26.1 Å². The molecule has 0 spiro atoms. The van der Waals surface area contributed by atoms with Crippen molar-refractivity contribution in [3.63, 3.8) is 0 Å². The number of nitrogens with zero attached hydrogens (tertiary/aromatic N) is 3. The number of aromatic nitrogens is 2. The molecule has 9 heteroatoms. The number of aromatic hydroxyl groups is 1. The summed E-state index contributed by atoms with van der Waals surface area (Å²) in [6.45, 7) is 5.04. The summed E-state index contributed by atoms with van der Waals surface area (Å²) in [7, 11) is 0. The molecule has 4 N–H and O–H groups in total. The third kappa shape index (κ3) is 4.09. The van der Waals surface area contributed by atoms with E-state index in [9.17, 15) is 19.5 Å². The lowest BCUT2D eigenvalue weighted by atomic mass is 10.1.